The Balaban J connectivity index is 1.72. The van der Waals surface area contributed by atoms with E-state index < -0.39 is 0 Å². The highest BCUT2D eigenvalue weighted by Crippen LogP contribution is 2.28. The van der Waals surface area contributed by atoms with Crippen LogP contribution < -0.4 is 0 Å². The van der Waals surface area contributed by atoms with E-state index in [9.17, 15) is 4.79 Å². The SMILES string of the molecule is CCCC(=O)N1CCC[C@@H](c2nc(-c3ccc(Cl)cc3)no2)C1. The number of carbonyl (C=O) groups is 1. The number of benzene rings is 1. The largest absolute Gasteiger partial charge is 0.342 e. The van der Waals surface area contributed by atoms with Gasteiger partial charge in [-0.25, -0.2) is 0 Å². The maximum Gasteiger partial charge on any atom is 0.231 e. The van der Waals surface area contributed by atoms with Crippen LogP contribution in [-0.4, -0.2) is 34.0 Å². The third-order valence-electron chi connectivity index (χ3n) is 4.13. The van der Waals surface area contributed by atoms with E-state index in [0.717, 1.165) is 31.4 Å². The Bertz CT molecular complexity index is 669. The first-order chi connectivity index (χ1) is 11.2. The topological polar surface area (TPSA) is 59.2 Å². The first kappa shape index (κ1) is 16.0. The van der Waals surface area contributed by atoms with Crippen LogP contribution in [0.2, 0.25) is 5.02 Å². The minimum absolute atomic E-state index is 0.123. The third kappa shape index (κ3) is 3.72. The van der Waals surface area contributed by atoms with Gasteiger partial charge < -0.3 is 9.42 Å². The molecule has 2 aromatic rings. The summed E-state index contributed by atoms with van der Waals surface area (Å²) in [7, 11) is 0. The van der Waals surface area contributed by atoms with E-state index in [1.807, 2.05) is 24.0 Å². The molecule has 0 aliphatic carbocycles. The highest BCUT2D eigenvalue weighted by atomic mass is 35.5. The molecule has 0 saturated carbocycles. The molecule has 2 heterocycles. The molecule has 0 unspecified atom stereocenters. The van der Waals surface area contributed by atoms with Crippen LogP contribution in [0.25, 0.3) is 11.4 Å². The summed E-state index contributed by atoms with van der Waals surface area (Å²) >= 11 is 5.90. The number of hydrogen-bond donors (Lipinski definition) is 0. The van der Waals surface area contributed by atoms with Crippen LogP contribution >= 0.6 is 11.6 Å². The van der Waals surface area contributed by atoms with Crippen molar-refractivity contribution in [3.63, 3.8) is 0 Å². The van der Waals surface area contributed by atoms with Crippen molar-refractivity contribution in [2.24, 2.45) is 0 Å². The first-order valence-corrected chi connectivity index (χ1v) is 8.42. The Morgan fingerprint density at radius 2 is 2.17 bits per heavy atom. The van der Waals surface area contributed by atoms with Gasteiger partial charge in [-0.3, -0.25) is 4.79 Å². The Morgan fingerprint density at radius 3 is 2.91 bits per heavy atom. The van der Waals surface area contributed by atoms with Crippen molar-refractivity contribution in [3.8, 4) is 11.4 Å². The van der Waals surface area contributed by atoms with Crippen molar-refractivity contribution in [2.75, 3.05) is 13.1 Å². The molecule has 5 nitrogen and oxygen atoms in total. The molecule has 1 saturated heterocycles. The average molecular weight is 334 g/mol. The molecule has 0 N–H and O–H groups in total. The fraction of sp³-hybridized carbons (Fsp3) is 0.471. The molecule has 1 aliphatic heterocycles. The number of carbonyl (C=O) groups excluding carboxylic acids is 1. The summed E-state index contributed by atoms with van der Waals surface area (Å²) in [5, 5.41) is 4.74. The zero-order chi connectivity index (χ0) is 16.2. The van der Waals surface area contributed by atoms with Gasteiger partial charge >= 0.3 is 0 Å². The molecule has 0 spiro atoms. The molecule has 23 heavy (non-hydrogen) atoms. The predicted molar refractivity (Wildman–Crippen MR) is 88.2 cm³/mol. The van der Waals surface area contributed by atoms with E-state index in [0.29, 0.717) is 29.7 Å². The molecule has 1 aromatic heterocycles. The summed E-state index contributed by atoms with van der Waals surface area (Å²) in [6.45, 7) is 3.52. The highest BCUT2D eigenvalue weighted by molar-refractivity contribution is 6.30. The van der Waals surface area contributed by atoms with Gasteiger partial charge in [0.25, 0.3) is 0 Å². The van der Waals surface area contributed by atoms with Gasteiger partial charge in [0.2, 0.25) is 17.6 Å². The minimum Gasteiger partial charge on any atom is -0.342 e. The number of nitrogens with zero attached hydrogens (tertiary/aromatic N) is 3. The number of hydrogen-bond acceptors (Lipinski definition) is 4. The van der Waals surface area contributed by atoms with Crippen molar-refractivity contribution in [1.29, 1.82) is 0 Å². The average Bonchev–Trinajstić information content (AvgIpc) is 3.06. The molecule has 1 atom stereocenters. The van der Waals surface area contributed by atoms with Crippen LogP contribution in [0.1, 0.15) is 44.4 Å². The Kier molecular flexibility index (Phi) is 4.96. The van der Waals surface area contributed by atoms with Gasteiger partial charge in [-0.15, -0.1) is 0 Å². The standard InChI is InChI=1S/C17H20ClN3O2/c1-2-4-15(22)21-10-3-5-13(11-21)17-19-16(20-23-17)12-6-8-14(18)9-7-12/h6-9,13H,2-5,10-11H2,1H3/t13-/m1/s1. The number of halogens is 1. The van der Waals surface area contributed by atoms with E-state index >= 15 is 0 Å². The normalized spacial score (nSPS) is 18.2. The summed E-state index contributed by atoms with van der Waals surface area (Å²) in [6, 6.07) is 7.35. The van der Waals surface area contributed by atoms with Crippen LogP contribution in [0.15, 0.2) is 28.8 Å². The zero-order valence-electron chi connectivity index (χ0n) is 13.2. The summed E-state index contributed by atoms with van der Waals surface area (Å²) in [5.74, 6) is 1.52. The van der Waals surface area contributed by atoms with Gasteiger partial charge in [0, 0.05) is 30.1 Å². The second-order valence-corrected chi connectivity index (χ2v) is 6.33. The van der Waals surface area contributed by atoms with Crippen molar-refractivity contribution >= 4 is 17.5 Å². The second-order valence-electron chi connectivity index (χ2n) is 5.89. The Labute approximate surface area is 140 Å². The molecular formula is C17H20ClN3O2. The number of piperidine rings is 1. The molecule has 6 heteroatoms. The fourth-order valence-electron chi connectivity index (χ4n) is 2.89. The summed E-state index contributed by atoms with van der Waals surface area (Å²) in [5.41, 5.74) is 0.874. The number of amides is 1. The zero-order valence-corrected chi connectivity index (χ0v) is 13.9. The van der Waals surface area contributed by atoms with E-state index in [1.54, 1.807) is 12.1 Å². The van der Waals surface area contributed by atoms with Crippen LogP contribution in [0.4, 0.5) is 0 Å². The number of aromatic nitrogens is 2. The van der Waals surface area contributed by atoms with Crippen molar-refractivity contribution in [1.82, 2.24) is 15.0 Å². The van der Waals surface area contributed by atoms with Crippen molar-refractivity contribution in [2.45, 2.75) is 38.5 Å². The van der Waals surface area contributed by atoms with E-state index in [2.05, 4.69) is 10.1 Å². The molecule has 1 amide bonds. The van der Waals surface area contributed by atoms with Crippen LogP contribution in [0.5, 0.6) is 0 Å². The summed E-state index contributed by atoms with van der Waals surface area (Å²) < 4.78 is 5.44. The number of likely N-dealkylation sites (tertiary alicyclic amines) is 1. The maximum absolute atomic E-state index is 12.1. The van der Waals surface area contributed by atoms with E-state index in [-0.39, 0.29) is 11.8 Å². The van der Waals surface area contributed by atoms with Crippen LogP contribution in [0, 0.1) is 0 Å². The smallest absolute Gasteiger partial charge is 0.231 e. The lowest BCUT2D eigenvalue weighted by molar-refractivity contribution is -0.132. The Morgan fingerprint density at radius 1 is 1.39 bits per heavy atom. The molecule has 0 bridgehead atoms. The van der Waals surface area contributed by atoms with Gasteiger partial charge in [-0.2, -0.15) is 4.98 Å². The quantitative estimate of drug-likeness (QED) is 0.851. The Hall–Kier alpha value is -1.88. The van der Waals surface area contributed by atoms with Gasteiger partial charge in [-0.05, 0) is 43.5 Å². The third-order valence-corrected chi connectivity index (χ3v) is 4.38. The lowest BCUT2D eigenvalue weighted by Crippen LogP contribution is -2.39. The summed E-state index contributed by atoms with van der Waals surface area (Å²) in [6.07, 6.45) is 3.42. The van der Waals surface area contributed by atoms with Crippen molar-refractivity contribution in [3.05, 3.63) is 35.2 Å². The molecule has 0 radical (unpaired) electrons. The lowest BCUT2D eigenvalue weighted by Gasteiger charge is -2.31. The second kappa shape index (κ2) is 7.13. The maximum atomic E-state index is 12.1. The highest BCUT2D eigenvalue weighted by Gasteiger charge is 2.28. The van der Waals surface area contributed by atoms with E-state index in [4.69, 9.17) is 16.1 Å². The lowest BCUT2D eigenvalue weighted by atomic mass is 9.97. The first-order valence-electron chi connectivity index (χ1n) is 8.04. The fourth-order valence-corrected chi connectivity index (χ4v) is 3.02. The van der Waals surface area contributed by atoms with Gasteiger partial charge in [0.15, 0.2) is 0 Å². The predicted octanol–water partition coefficient (Wildman–Crippen LogP) is 3.90. The molecule has 3 rings (SSSR count). The molecule has 1 aromatic carbocycles. The monoisotopic (exact) mass is 333 g/mol. The van der Waals surface area contributed by atoms with Gasteiger partial charge in [-0.1, -0.05) is 23.7 Å². The van der Waals surface area contributed by atoms with Gasteiger partial charge in [0.05, 0.1) is 5.92 Å². The van der Waals surface area contributed by atoms with Crippen molar-refractivity contribution < 1.29 is 9.32 Å². The summed E-state index contributed by atoms with van der Waals surface area (Å²) in [4.78, 5) is 18.5. The molecule has 122 valence electrons. The molecule has 1 fully saturated rings. The minimum atomic E-state index is 0.123. The van der Waals surface area contributed by atoms with Gasteiger partial charge in [0.1, 0.15) is 0 Å². The molecular weight excluding hydrogens is 314 g/mol. The van der Waals surface area contributed by atoms with Crippen LogP contribution in [0.3, 0.4) is 0 Å². The molecule has 1 aliphatic rings. The number of rotatable bonds is 4. The van der Waals surface area contributed by atoms with E-state index in [1.165, 1.54) is 0 Å². The van der Waals surface area contributed by atoms with Crippen LogP contribution in [-0.2, 0) is 4.79 Å².